The standard InChI is InChI=1S/C26H27NO6/c1-11-22(30)20(13(3)28)24-21(23(11)31)26(4)18(33-24)9-17(29)19(25(26)32)12(2)27-10-16-8-14-5-6-15(16)7-14/h5-6,9,14-16,27,30-31H,7-8,10H2,1-4H3/b19-12+/t14?,15?,16?,26-/m1/s1. The molecule has 0 saturated heterocycles. The molecular formula is C26H27NO6. The maximum Gasteiger partial charge on any atom is 0.194 e. The number of ether oxygens (including phenoxy) is 1. The highest BCUT2D eigenvalue weighted by molar-refractivity contribution is 6.31. The zero-order chi connectivity index (χ0) is 23.8. The second kappa shape index (κ2) is 7.07. The minimum Gasteiger partial charge on any atom is -0.507 e. The Morgan fingerprint density at radius 1 is 1.18 bits per heavy atom. The predicted octanol–water partition coefficient (Wildman–Crippen LogP) is 3.37. The van der Waals surface area contributed by atoms with E-state index in [0.717, 1.165) is 6.42 Å². The predicted molar refractivity (Wildman–Crippen MR) is 120 cm³/mol. The van der Waals surface area contributed by atoms with Gasteiger partial charge in [-0.1, -0.05) is 12.2 Å². The summed E-state index contributed by atoms with van der Waals surface area (Å²) in [7, 11) is 0. The van der Waals surface area contributed by atoms with Crippen molar-refractivity contribution >= 4 is 17.3 Å². The number of aromatic hydroxyl groups is 2. The summed E-state index contributed by atoms with van der Waals surface area (Å²) in [6, 6.07) is 0. The smallest absolute Gasteiger partial charge is 0.194 e. The van der Waals surface area contributed by atoms with E-state index in [-0.39, 0.29) is 39.5 Å². The Kier molecular flexibility index (Phi) is 4.61. The van der Waals surface area contributed by atoms with Gasteiger partial charge in [0.1, 0.15) is 34.0 Å². The molecule has 33 heavy (non-hydrogen) atoms. The van der Waals surface area contributed by atoms with Crippen LogP contribution in [-0.2, 0) is 15.0 Å². The van der Waals surface area contributed by atoms with Gasteiger partial charge in [-0.15, -0.1) is 0 Å². The van der Waals surface area contributed by atoms with Crippen LogP contribution in [-0.4, -0.2) is 34.1 Å². The number of nitrogens with one attached hydrogen (secondary N) is 1. The van der Waals surface area contributed by atoms with E-state index in [4.69, 9.17) is 4.74 Å². The summed E-state index contributed by atoms with van der Waals surface area (Å²) in [5.41, 5.74) is -0.894. The van der Waals surface area contributed by atoms with Gasteiger partial charge in [-0.3, -0.25) is 14.4 Å². The van der Waals surface area contributed by atoms with E-state index in [1.165, 1.54) is 26.3 Å². The van der Waals surface area contributed by atoms with Crippen molar-refractivity contribution in [3.05, 3.63) is 51.9 Å². The minimum absolute atomic E-state index is 0.0194. The highest BCUT2D eigenvalue weighted by Gasteiger charge is 2.56. The lowest BCUT2D eigenvalue weighted by Gasteiger charge is -2.29. The fourth-order valence-corrected chi connectivity index (χ4v) is 5.86. The Morgan fingerprint density at radius 2 is 1.91 bits per heavy atom. The van der Waals surface area contributed by atoms with E-state index in [1.54, 1.807) is 13.8 Å². The van der Waals surface area contributed by atoms with Crippen molar-refractivity contribution in [3.63, 3.8) is 0 Å². The molecule has 2 bridgehead atoms. The van der Waals surface area contributed by atoms with Crippen molar-refractivity contribution in [2.45, 2.75) is 46.0 Å². The first-order chi connectivity index (χ1) is 15.6. The fraction of sp³-hybridized carbons (Fsp3) is 0.423. The molecule has 3 aliphatic carbocycles. The molecule has 0 radical (unpaired) electrons. The lowest BCUT2D eigenvalue weighted by atomic mass is 9.70. The molecule has 4 aliphatic rings. The van der Waals surface area contributed by atoms with E-state index in [9.17, 15) is 24.6 Å². The normalized spacial score (nSPS) is 30.7. The molecular weight excluding hydrogens is 422 g/mol. The first-order valence-electron chi connectivity index (χ1n) is 11.3. The Hall–Kier alpha value is -3.35. The van der Waals surface area contributed by atoms with Gasteiger partial charge in [-0.2, -0.15) is 0 Å². The molecule has 0 aromatic heterocycles. The van der Waals surface area contributed by atoms with Crippen LogP contribution in [0.4, 0.5) is 0 Å². The number of ketones is 3. The van der Waals surface area contributed by atoms with Gasteiger partial charge in [0.05, 0.1) is 11.1 Å². The van der Waals surface area contributed by atoms with Crippen LogP contribution in [0.1, 0.15) is 55.1 Å². The largest absolute Gasteiger partial charge is 0.507 e. The highest BCUT2D eigenvalue weighted by atomic mass is 16.5. The van der Waals surface area contributed by atoms with Crippen molar-refractivity contribution < 1.29 is 29.3 Å². The second-order valence-electron chi connectivity index (χ2n) is 9.81. The molecule has 1 aromatic rings. The summed E-state index contributed by atoms with van der Waals surface area (Å²) < 4.78 is 5.79. The topological polar surface area (TPSA) is 113 Å². The van der Waals surface area contributed by atoms with Crippen LogP contribution in [0, 0.1) is 24.7 Å². The SMILES string of the molecule is CC(=O)c1c(O)c(C)c(O)c2c1OC1=CC(=O)/C(=C(/C)NCC3CC4C=CC3C4)C(=O)[C@]12C. The van der Waals surface area contributed by atoms with Crippen LogP contribution in [0.15, 0.2) is 35.3 Å². The van der Waals surface area contributed by atoms with Gasteiger partial charge >= 0.3 is 0 Å². The Bertz CT molecular complexity index is 1240. The Balaban J connectivity index is 1.56. The number of carbonyl (C=O) groups excluding carboxylic acids is 3. The van der Waals surface area contributed by atoms with Crippen LogP contribution < -0.4 is 10.1 Å². The summed E-state index contributed by atoms with van der Waals surface area (Å²) in [6.07, 6.45) is 8.05. The number of fused-ring (bicyclic) bond motifs is 5. The van der Waals surface area contributed by atoms with E-state index >= 15 is 0 Å². The summed E-state index contributed by atoms with van der Waals surface area (Å²) in [6.45, 7) is 6.71. The van der Waals surface area contributed by atoms with Crippen molar-refractivity contribution in [1.82, 2.24) is 5.32 Å². The van der Waals surface area contributed by atoms with Crippen molar-refractivity contribution in [2.24, 2.45) is 17.8 Å². The highest BCUT2D eigenvalue weighted by Crippen LogP contribution is 2.57. The lowest BCUT2D eigenvalue weighted by molar-refractivity contribution is -0.123. The number of allylic oxidation sites excluding steroid dienone is 6. The molecule has 0 spiro atoms. The van der Waals surface area contributed by atoms with E-state index < -0.39 is 28.5 Å². The second-order valence-corrected chi connectivity index (χ2v) is 9.81. The number of phenols is 2. The molecule has 7 nitrogen and oxygen atoms in total. The monoisotopic (exact) mass is 449 g/mol. The van der Waals surface area contributed by atoms with Gasteiger partial charge in [0.25, 0.3) is 0 Å². The molecule has 3 N–H and O–H groups in total. The average Bonchev–Trinajstić information content (AvgIpc) is 3.44. The number of phenolic OH excluding ortho intramolecular Hbond substituents is 2. The first-order valence-corrected chi connectivity index (χ1v) is 11.3. The zero-order valence-electron chi connectivity index (χ0n) is 19.1. The summed E-state index contributed by atoms with van der Waals surface area (Å²) in [4.78, 5) is 39.0. The fourth-order valence-electron chi connectivity index (χ4n) is 5.86. The van der Waals surface area contributed by atoms with E-state index in [1.807, 2.05) is 0 Å². The third kappa shape index (κ3) is 2.84. The van der Waals surface area contributed by atoms with Gasteiger partial charge in [-0.25, -0.2) is 0 Å². The molecule has 1 fully saturated rings. The third-order valence-corrected chi connectivity index (χ3v) is 7.81. The van der Waals surface area contributed by atoms with Gasteiger partial charge in [0, 0.05) is 23.9 Å². The van der Waals surface area contributed by atoms with E-state index in [2.05, 4.69) is 17.5 Å². The van der Waals surface area contributed by atoms with E-state index in [0.29, 0.717) is 30.0 Å². The maximum atomic E-state index is 13.8. The molecule has 1 heterocycles. The number of hydrogen-bond donors (Lipinski definition) is 3. The van der Waals surface area contributed by atoms with Gasteiger partial charge in [0.2, 0.25) is 0 Å². The summed E-state index contributed by atoms with van der Waals surface area (Å²) in [5, 5.41) is 24.6. The molecule has 1 aromatic carbocycles. The van der Waals surface area contributed by atoms with Crippen LogP contribution in [0.2, 0.25) is 0 Å². The van der Waals surface area contributed by atoms with Gasteiger partial charge in [0.15, 0.2) is 17.3 Å². The number of benzene rings is 1. The summed E-state index contributed by atoms with van der Waals surface area (Å²) >= 11 is 0. The van der Waals surface area contributed by atoms with Crippen molar-refractivity contribution in [2.75, 3.05) is 6.54 Å². The molecule has 1 aliphatic heterocycles. The van der Waals surface area contributed by atoms with Gasteiger partial charge < -0.3 is 20.3 Å². The van der Waals surface area contributed by atoms with Crippen LogP contribution in [0.25, 0.3) is 0 Å². The molecule has 3 unspecified atom stereocenters. The maximum absolute atomic E-state index is 13.8. The molecule has 0 amide bonds. The van der Waals surface area contributed by atoms with Crippen molar-refractivity contribution in [1.29, 1.82) is 0 Å². The molecule has 5 rings (SSSR count). The Morgan fingerprint density at radius 3 is 2.52 bits per heavy atom. The Labute approximate surface area is 191 Å². The summed E-state index contributed by atoms with van der Waals surface area (Å²) in [5.74, 6) is -0.564. The number of Topliss-reactive ketones (excluding diaryl/α,β-unsaturated/α-hetero) is 2. The molecule has 172 valence electrons. The molecule has 7 heteroatoms. The minimum atomic E-state index is -1.48. The number of rotatable bonds is 4. The first kappa shape index (κ1) is 21.5. The molecule has 1 saturated carbocycles. The quantitative estimate of drug-likeness (QED) is 0.280. The third-order valence-electron chi connectivity index (χ3n) is 7.81. The van der Waals surface area contributed by atoms with Crippen molar-refractivity contribution in [3.8, 4) is 17.2 Å². The van der Waals surface area contributed by atoms with Crippen LogP contribution in [0.5, 0.6) is 17.2 Å². The number of carbonyl (C=O) groups is 3. The van der Waals surface area contributed by atoms with Crippen LogP contribution >= 0.6 is 0 Å². The van der Waals surface area contributed by atoms with Crippen LogP contribution in [0.3, 0.4) is 0 Å². The average molecular weight is 450 g/mol. The lowest BCUT2D eigenvalue weighted by Crippen LogP contribution is -2.41. The molecule has 4 atom stereocenters. The van der Waals surface area contributed by atoms with Gasteiger partial charge in [-0.05, 0) is 58.3 Å². The zero-order valence-corrected chi connectivity index (χ0v) is 19.1. The number of hydrogen-bond acceptors (Lipinski definition) is 7.